The molecule has 0 bridgehead atoms. The first-order valence-electron chi connectivity index (χ1n) is 15.1. The molecule has 10 heteroatoms. The van der Waals surface area contributed by atoms with Crippen molar-refractivity contribution in [2.24, 2.45) is 0 Å². The molecule has 3 aliphatic heterocycles. The fraction of sp³-hybridized carbons (Fsp3) is 0.394. The third-order valence-corrected chi connectivity index (χ3v) is 9.01. The third kappa shape index (κ3) is 5.24. The molecule has 0 radical (unpaired) electrons. The van der Waals surface area contributed by atoms with Crippen LogP contribution in [-0.4, -0.2) is 85.8 Å². The van der Waals surface area contributed by atoms with Gasteiger partial charge in [0, 0.05) is 45.0 Å². The maximum absolute atomic E-state index is 15.8. The zero-order valence-electron chi connectivity index (χ0n) is 24.3. The summed E-state index contributed by atoms with van der Waals surface area (Å²) < 4.78 is 29.5. The molecule has 224 valence electrons. The van der Waals surface area contributed by atoms with Crippen LogP contribution in [-0.2, 0) is 4.74 Å². The molecule has 7 rings (SSSR count). The molecule has 0 aliphatic carbocycles. The van der Waals surface area contributed by atoms with Crippen LogP contribution in [0.5, 0.6) is 11.5 Å². The number of ether oxygens (including phenoxy) is 2. The van der Waals surface area contributed by atoms with E-state index in [9.17, 15) is 9.59 Å². The SMILES string of the molecule is CN1CCCC1CCNC(=O)c1cn2c3c(c(NCCN4CCOCC4)c(F)cc3c1=O)Oc1cc3ccccc3cc1-2. The van der Waals surface area contributed by atoms with Gasteiger partial charge in [0.2, 0.25) is 5.43 Å². The van der Waals surface area contributed by atoms with E-state index in [1.165, 1.54) is 6.07 Å². The highest BCUT2D eigenvalue weighted by Gasteiger charge is 2.29. The van der Waals surface area contributed by atoms with Crippen LogP contribution in [0.15, 0.2) is 53.5 Å². The van der Waals surface area contributed by atoms with Crippen molar-refractivity contribution in [2.45, 2.75) is 25.3 Å². The average Bonchev–Trinajstić information content (AvgIpc) is 3.43. The first kappa shape index (κ1) is 27.8. The number of amides is 1. The highest BCUT2D eigenvalue weighted by molar-refractivity contribution is 6.02. The zero-order valence-corrected chi connectivity index (χ0v) is 24.3. The lowest BCUT2D eigenvalue weighted by Crippen LogP contribution is -2.39. The van der Waals surface area contributed by atoms with Crippen LogP contribution in [0.2, 0.25) is 0 Å². The Morgan fingerprint density at radius 2 is 1.86 bits per heavy atom. The standard InChI is InChI=1S/C33H36FN5O4/c1-37-11-4-7-23(37)8-9-36-33(41)25-20-39-27-17-21-5-2-3-6-22(21)18-28(27)43-32-29(26(34)19-24(30(32)39)31(25)40)35-10-12-38-13-15-42-16-14-38/h2-3,5-6,17-20,23,35H,4,7-16H2,1H3,(H,36,41). The van der Waals surface area contributed by atoms with Crippen LogP contribution in [0.3, 0.4) is 0 Å². The van der Waals surface area contributed by atoms with Gasteiger partial charge < -0.3 is 29.6 Å². The van der Waals surface area contributed by atoms with E-state index in [-0.39, 0.29) is 22.4 Å². The highest BCUT2D eigenvalue weighted by atomic mass is 19.1. The first-order chi connectivity index (χ1) is 21.0. The summed E-state index contributed by atoms with van der Waals surface area (Å²) in [6.07, 6.45) is 4.64. The summed E-state index contributed by atoms with van der Waals surface area (Å²) in [6.45, 7) is 5.74. The van der Waals surface area contributed by atoms with Gasteiger partial charge in [-0.3, -0.25) is 14.5 Å². The molecule has 1 atom stereocenters. The number of halogens is 1. The summed E-state index contributed by atoms with van der Waals surface area (Å²) in [5.41, 5.74) is 0.780. The Labute approximate surface area is 249 Å². The molecule has 3 aromatic carbocycles. The Balaban J connectivity index is 1.28. The number of anilines is 1. The van der Waals surface area contributed by atoms with E-state index < -0.39 is 17.2 Å². The molecule has 9 nitrogen and oxygen atoms in total. The second kappa shape index (κ2) is 11.6. The fourth-order valence-corrected chi connectivity index (χ4v) is 6.58. The van der Waals surface area contributed by atoms with Crippen molar-refractivity contribution in [2.75, 3.05) is 64.8 Å². The second-order valence-electron chi connectivity index (χ2n) is 11.7. The van der Waals surface area contributed by atoms with Crippen molar-refractivity contribution in [3.63, 3.8) is 0 Å². The Bertz CT molecular complexity index is 1770. The Morgan fingerprint density at radius 3 is 2.63 bits per heavy atom. The molecule has 4 heterocycles. The Kier molecular flexibility index (Phi) is 7.50. The molecular formula is C33H36FN5O4. The van der Waals surface area contributed by atoms with Gasteiger partial charge in [0.05, 0.1) is 24.3 Å². The number of rotatable bonds is 8. The zero-order chi connectivity index (χ0) is 29.5. The molecule has 2 saturated heterocycles. The van der Waals surface area contributed by atoms with Crippen molar-refractivity contribution in [3.8, 4) is 17.2 Å². The molecule has 3 aliphatic rings. The number of morpholine rings is 1. The van der Waals surface area contributed by atoms with Crippen LogP contribution in [0.4, 0.5) is 10.1 Å². The first-order valence-corrected chi connectivity index (χ1v) is 15.1. The van der Waals surface area contributed by atoms with Crippen molar-refractivity contribution < 1.29 is 18.7 Å². The van der Waals surface area contributed by atoms with Gasteiger partial charge in [-0.2, -0.15) is 0 Å². The summed E-state index contributed by atoms with van der Waals surface area (Å²) in [5.74, 6) is -0.291. The van der Waals surface area contributed by atoms with Crippen LogP contribution in [0, 0.1) is 5.82 Å². The monoisotopic (exact) mass is 585 g/mol. The van der Waals surface area contributed by atoms with Gasteiger partial charge in [0.15, 0.2) is 17.3 Å². The molecule has 4 aromatic rings. The van der Waals surface area contributed by atoms with Crippen LogP contribution in [0.25, 0.3) is 27.4 Å². The largest absolute Gasteiger partial charge is 0.451 e. The van der Waals surface area contributed by atoms with E-state index in [0.29, 0.717) is 55.8 Å². The molecule has 1 amide bonds. The molecule has 1 unspecified atom stereocenters. The number of hydrogen-bond acceptors (Lipinski definition) is 7. The number of carbonyl (C=O) groups excluding carboxylic acids is 1. The lowest BCUT2D eigenvalue weighted by atomic mass is 10.0. The molecule has 1 aromatic heterocycles. The van der Waals surface area contributed by atoms with Crippen molar-refractivity contribution in [1.29, 1.82) is 0 Å². The Hall–Kier alpha value is -3.99. The van der Waals surface area contributed by atoms with Crippen molar-refractivity contribution >= 4 is 33.3 Å². The molecular weight excluding hydrogens is 549 g/mol. The normalized spacial score (nSPS) is 18.5. The topological polar surface area (TPSA) is 88.1 Å². The molecule has 0 saturated carbocycles. The average molecular weight is 586 g/mol. The number of aromatic nitrogens is 1. The summed E-state index contributed by atoms with van der Waals surface area (Å²) in [4.78, 5) is 31.7. The predicted octanol–water partition coefficient (Wildman–Crippen LogP) is 4.35. The van der Waals surface area contributed by atoms with Crippen molar-refractivity contribution in [1.82, 2.24) is 19.7 Å². The minimum atomic E-state index is -0.598. The number of fused-ring (bicyclic) bond motifs is 3. The van der Waals surface area contributed by atoms with Gasteiger partial charge in [0.25, 0.3) is 5.91 Å². The number of carbonyl (C=O) groups is 1. The van der Waals surface area contributed by atoms with Gasteiger partial charge in [-0.1, -0.05) is 24.3 Å². The minimum absolute atomic E-state index is 0.0216. The van der Waals surface area contributed by atoms with Crippen LogP contribution >= 0.6 is 0 Å². The van der Waals surface area contributed by atoms with E-state index in [1.54, 1.807) is 6.20 Å². The molecule has 0 spiro atoms. The number of nitrogens with zero attached hydrogens (tertiary/aromatic N) is 3. The van der Waals surface area contributed by atoms with Gasteiger partial charge in [0.1, 0.15) is 16.8 Å². The maximum Gasteiger partial charge on any atom is 0.256 e. The maximum atomic E-state index is 15.8. The number of benzene rings is 3. The van der Waals surface area contributed by atoms with Gasteiger partial charge in [-0.25, -0.2) is 4.39 Å². The van der Waals surface area contributed by atoms with Crippen LogP contribution in [0.1, 0.15) is 29.6 Å². The quantitative estimate of drug-likeness (QED) is 0.280. The smallest absolute Gasteiger partial charge is 0.256 e. The van der Waals surface area contributed by atoms with Gasteiger partial charge in [-0.15, -0.1) is 0 Å². The lowest BCUT2D eigenvalue weighted by molar-refractivity contribution is 0.0398. The van der Waals surface area contributed by atoms with Crippen molar-refractivity contribution in [3.05, 3.63) is 70.3 Å². The van der Waals surface area contributed by atoms with Crippen LogP contribution < -0.4 is 20.8 Å². The fourth-order valence-electron chi connectivity index (χ4n) is 6.58. The predicted molar refractivity (Wildman–Crippen MR) is 165 cm³/mol. The summed E-state index contributed by atoms with van der Waals surface area (Å²) in [7, 11) is 2.10. The van der Waals surface area contributed by atoms with E-state index in [4.69, 9.17) is 9.47 Å². The molecule has 43 heavy (non-hydrogen) atoms. The van der Waals surface area contributed by atoms with Gasteiger partial charge in [-0.05, 0) is 61.8 Å². The molecule has 2 fully saturated rings. The summed E-state index contributed by atoms with van der Waals surface area (Å²) in [6, 6.07) is 13.4. The van der Waals surface area contributed by atoms with E-state index in [1.807, 2.05) is 41.0 Å². The minimum Gasteiger partial charge on any atom is -0.451 e. The number of hydrogen-bond donors (Lipinski definition) is 2. The van der Waals surface area contributed by atoms with E-state index >= 15 is 4.39 Å². The number of likely N-dealkylation sites (tertiary alicyclic amines) is 1. The van der Waals surface area contributed by atoms with Gasteiger partial charge >= 0.3 is 0 Å². The number of pyridine rings is 1. The number of nitrogens with one attached hydrogen (secondary N) is 2. The Morgan fingerprint density at radius 1 is 1.07 bits per heavy atom. The van der Waals surface area contributed by atoms with E-state index in [0.717, 1.165) is 49.7 Å². The lowest BCUT2D eigenvalue weighted by Gasteiger charge is -2.28. The summed E-state index contributed by atoms with van der Waals surface area (Å²) >= 11 is 0. The second-order valence-corrected chi connectivity index (χ2v) is 11.7. The summed E-state index contributed by atoms with van der Waals surface area (Å²) in [5, 5.41) is 8.24. The molecule has 2 N–H and O–H groups in total. The third-order valence-electron chi connectivity index (χ3n) is 9.01. The van der Waals surface area contributed by atoms with E-state index in [2.05, 4.69) is 27.5 Å². The highest BCUT2D eigenvalue weighted by Crippen LogP contribution is 2.46.